The van der Waals surface area contributed by atoms with Gasteiger partial charge in [-0.3, -0.25) is 0 Å². The van der Waals surface area contributed by atoms with Gasteiger partial charge in [0.25, 0.3) is 0 Å². The summed E-state index contributed by atoms with van der Waals surface area (Å²) in [5, 5.41) is 10.1. The summed E-state index contributed by atoms with van der Waals surface area (Å²) in [6, 6.07) is 8.84. The highest BCUT2D eigenvalue weighted by atomic mass is 35.5. The Kier molecular flexibility index (Phi) is 4.08. The Morgan fingerprint density at radius 2 is 2.09 bits per heavy atom. The van der Waals surface area contributed by atoms with Crippen LogP contribution < -0.4 is 0 Å². The van der Waals surface area contributed by atoms with Crippen LogP contribution in [-0.4, -0.2) is 16.1 Å². The highest BCUT2D eigenvalue weighted by Crippen LogP contribution is 2.38. The van der Waals surface area contributed by atoms with Crippen molar-refractivity contribution in [1.82, 2.24) is 4.98 Å². The van der Waals surface area contributed by atoms with Gasteiger partial charge in [0.2, 0.25) is 0 Å². The van der Waals surface area contributed by atoms with Crippen molar-refractivity contribution in [2.75, 3.05) is 0 Å². The number of aromatic carboxylic acids is 1. The summed E-state index contributed by atoms with van der Waals surface area (Å²) in [5.41, 5.74) is 3.09. The molecule has 3 aromatic rings. The average molecular weight is 352 g/mol. The zero-order valence-corrected chi connectivity index (χ0v) is 13.9. The van der Waals surface area contributed by atoms with Crippen molar-refractivity contribution >= 4 is 51.4 Å². The third-order valence-corrected chi connectivity index (χ3v) is 4.95. The number of para-hydroxylation sites is 1. The van der Waals surface area contributed by atoms with E-state index < -0.39 is 5.97 Å². The predicted octanol–water partition coefficient (Wildman–Crippen LogP) is 5.53. The molecule has 0 aliphatic rings. The standard InChI is InChI=1S/C16H11Cl2NO2S/c1-2-8-4-3-5-9-10(16(20)21)6-12(19-14(8)9)11-7-13(17)22-15(11)18/h3-7H,2H2,1H3,(H,20,21). The van der Waals surface area contributed by atoms with Crippen LogP contribution in [0.15, 0.2) is 30.3 Å². The molecule has 1 aromatic carbocycles. The number of rotatable bonds is 3. The number of halogens is 2. The van der Waals surface area contributed by atoms with E-state index in [1.807, 2.05) is 19.1 Å². The van der Waals surface area contributed by atoms with Crippen LogP contribution in [0.3, 0.4) is 0 Å². The Labute approximate surface area is 141 Å². The number of fused-ring (bicyclic) bond motifs is 1. The third kappa shape index (κ3) is 2.58. The number of thiophene rings is 1. The molecule has 6 heteroatoms. The molecule has 2 heterocycles. The zero-order valence-electron chi connectivity index (χ0n) is 11.6. The van der Waals surface area contributed by atoms with Crippen molar-refractivity contribution in [2.24, 2.45) is 0 Å². The van der Waals surface area contributed by atoms with Gasteiger partial charge in [-0.1, -0.05) is 48.3 Å². The van der Waals surface area contributed by atoms with Gasteiger partial charge < -0.3 is 5.11 Å². The SMILES string of the molecule is CCc1cccc2c(C(=O)O)cc(-c3cc(Cl)sc3Cl)nc12. The molecule has 0 amide bonds. The van der Waals surface area contributed by atoms with Gasteiger partial charge in [0.1, 0.15) is 4.34 Å². The molecule has 0 bridgehead atoms. The second-order valence-corrected chi connectivity index (χ2v) is 7.05. The fraction of sp³-hybridized carbons (Fsp3) is 0.125. The van der Waals surface area contributed by atoms with Crippen LogP contribution >= 0.6 is 34.5 Å². The van der Waals surface area contributed by atoms with E-state index in [0.29, 0.717) is 30.8 Å². The molecule has 22 heavy (non-hydrogen) atoms. The number of carbonyl (C=O) groups is 1. The lowest BCUT2D eigenvalue weighted by Gasteiger charge is -2.09. The molecule has 3 nitrogen and oxygen atoms in total. The molecule has 0 saturated carbocycles. The minimum atomic E-state index is -0.987. The Hall–Kier alpha value is -1.62. The van der Waals surface area contributed by atoms with E-state index in [4.69, 9.17) is 23.2 Å². The van der Waals surface area contributed by atoms with Gasteiger partial charge in [-0.15, -0.1) is 11.3 Å². The van der Waals surface area contributed by atoms with Gasteiger partial charge in [0.15, 0.2) is 0 Å². The van der Waals surface area contributed by atoms with Crippen molar-refractivity contribution < 1.29 is 9.90 Å². The summed E-state index contributed by atoms with van der Waals surface area (Å²) < 4.78 is 1.05. The van der Waals surface area contributed by atoms with Crippen LogP contribution in [0.25, 0.3) is 22.2 Å². The van der Waals surface area contributed by atoms with Crippen molar-refractivity contribution in [3.8, 4) is 11.3 Å². The molecular weight excluding hydrogens is 341 g/mol. The smallest absolute Gasteiger partial charge is 0.336 e. The molecular formula is C16H11Cl2NO2S. The molecule has 0 unspecified atom stereocenters. The molecule has 0 atom stereocenters. The first-order valence-electron chi connectivity index (χ1n) is 6.62. The molecule has 2 aromatic heterocycles. The molecule has 0 spiro atoms. The maximum atomic E-state index is 11.6. The summed E-state index contributed by atoms with van der Waals surface area (Å²) in [5.74, 6) is -0.987. The number of hydrogen-bond acceptors (Lipinski definition) is 3. The summed E-state index contributed by atoms with van der Waals surface area (Å²) in [7, 11) is 0. The predicted molar refractivity (Wildman–Crippen MR) is 91.4 cm³/mol. The van der Waals surface area contributed by atoms with E-state index in [1.54, 1.807) is 18.2 Å². The summed E-state index contributed by atoms with van der Waals surface area (Å²) in [6.45, 7) is 2.01. The van der Waals surface area contributed by atoms with Crippen molar-refractivity contribution in [1.29, 1.82) is 0 Å². The lowest BCUT2D eigenvalue weighted by molar-refractivity contribution is 0.0699. The van der Waals surface area contributed by atoms with Gasteiger partial charge in [-0.05, 0) is 24.1 Å². The van der Waals surface area contributed by atoms with Gasteiger partial charge in [-0.25, -0.2) is 9.78 Å². The van der Waals surface area contributed by atoms with Crippen molar-refractivity contribution in [3.05, 3.63) is 50.1 Å². The second kappa shape index (κ2) is 5.88. The lowest BCUT2D eigenvalue weighted by atomic mass is 10.0. The van der Waals surface area contributed by atoms with Gasteiger partial charge >= 0.3 is 5.97 Å². The first-order chi connectivity index (χ1) is 10.5. The lowest BCUT2D eigenvalue weighted by Crippen LogP contribution is -2.01. The third-order valence-electron chi connectivity index (χ3n) is 3.47. The van der Waals surface area contributed by atoms with E-state index in [9.17, 15) is 9.90 Å². The number of carboxylic acid groups (broad SMARTS) is 1. The number of nitrogens with zero attached hydrogens (tertiary/aromatic N) is 1. The maximum absolute atomic E-state index is 11.6. The summed E-state index contributed by atoms with van der Waals surface area (Å²) in [6.07, 6.45) is 0.769. The molecule has 1 N–H and O–H groups in total. The molecule has 0 saturated heterocycles. The minimum Gasteiger partial charge on any atom is -0.478 e. The molecule has 0 aliphatic carbocycles. The Bertz CT molecular complexity index is 889. The second-order valence-electron chi connectivity index (χ2n) is 4.76. The van der Waals surface area contributed by atoms with Crippen LogP contribution in [0.2, 0.25) is 8.67 Å². The summed E-state index contributed by atoms with van der Waals surface area (Å²) in [4.78, 5) is 16.2. The van der Waals surface area contributed by atoms with E-state index >= 15 is 0 Å². The topological polar surface area (TPSA) is 50.2 Å². The molecule has 0 aliphatic heterocycles. The molecule has 0 radical (unpaired) electrons. The number of hydrogen-bond donors (Lipinski definition) is 1. The molecule has 3 rings (SSSR count). The van der Waals surface area contributed by atoms with Crippen LogP contribution in [0, 0.1) is 0 Å². The Morgan fingerprint density at radius 1 is 1.32 bits per heavy atom. The number of aryl methyl sites for hydroxylation is 1. The average Bonchev–Trinajstić information content (AvgIpc) is 2.84. The number of benzene rings is 1. The first-order valence-corrected chi connectivity index (χ1v) is 8.19. The quantitative estimate of drug-likeness (QED) is 0.674. The molecule has 112 valence electrons. The number of aromatic nitrogens is 1. The fourth-order valence-electron chi connectivity index (χ4n) is 2.42. The first kappa shape index (κ1) is 15.3. The number of pyridine rings is 1. The largest absolute Gasteiger partial charge is 0.478 e. The Balaban J connectivity index is 2.37. The van der Waals surface area contributed by atoms with Crippen LogP contribution in [-0.2, 0) is 6.42 Å². The van der Waals surface area contributed by atoms with Gasteiger partial charge in [-0.2, -0.15) is 0 Å². The van der Waals surface area contributed by atoms with E-state index in [1.165, 1.54) is 11.3 Å². The number of carboxylic acids is 1. The molecule has 0 fully saturated rings. The van der Waals surface area contributed by atoms with Gasteiger partial charge in [0, 0.05) is 10.9 Å². The van der Waals surface area contributed by atoms with Crippen molar-refractivity contribution in [3.63, 3.8) is 0 Å². The van der Waals surface area contributed by atoms with Gasteiger partial charge in [0.05, 0.1) is 21.1 Å². The van der Waals surface area contributed by atoms with Crippen LogP contribution in [0.5, 0.6) is 0 Å². The van der Waals surface area contributed by atoms with Crippen LogP contribution in [0.4, 0.5) is 0 Å². The van der Waals surface area contributed by atoms with Crippen LogP contribution in [0.1, 0.15) is 22.8 Å². The zero-order chi connectivity index (χ0) is 15.9. The highest BCUT2D eigenvalue weighted by molar-refractivity contribution is 7.20. The highest BCUT2D eigenvalue weighted by Gasteiger charge is 2.17. The minimum absolute atomic E-state index is 0.216. The normalized spacial score (nSPS) is 11.0. The van der Waals surface area contributed by atoms with E-state index in [-0.39, 0.29) is 5.56 Å². The maximum Gasteiger partial charge on any atom is 0.336 e. The van der Waals surface area contributed by atoms with E-state index in [2.05, 4.69) is 4.98 Å². The van der Waals surface area contributed by atoms with E-state index in [0.717, 1.165) is 12.0 Å². The van der Waals surface area contributed by atoms with Crippen molar-refractivity contribution in [2.45, 2.75) is 13.3 Å². The summed E-state index contributed by atoms with van der Waals surface area (Å²) >= 11 is 13.4. The monoisotopic (exact) mass is 351 g/mol. The Morgan fingerprint density at radius 3 is 2.68 bits per heavy atom. The fourth-order valence-corrected chi connectivity index (χ4v) is 3.90.